The zero-order valence-electron chi connectivity index (χ0n) is 14.8. The van der Waals surface area contributed by atoms with Crippen LogP contribution in [0.2, 0.25) is 0 Å². The molecular weight excluding hydrogens is 318 g/mol. The van der Waals surface area contributed by atoms with E-state index in [-0.39, 0.29) is 17.2 Å². The average Bonchev–Trinajstić information content (AvgIpc) is 3.09. The van der Waals surface area contributed by atoms with Crippen molar-refractivity contribution < 1.29 is 9.53 Å². The van der Waals surface area contributed by atoms with Crippen LogP contribution in [0.25, 0.3) is 0 Å². The van der Waals surface area contributed by atoms with Crippen LogP contribution < -0.4 is 4.74 Å². The Morgan fingerprint density at radius 2 is 2.12 bits per heavy atom. The number of hydrogen-bond donors (Lipinski definition) is 0. The number of amides is 1. The lowest BCUT2D eigenvalue weighted by atomic mass is 9.92. The Balaban J connectivity index is 1.51. The van der Waals surface area contributed by atoms with Crippen molar-refractivity contribution in [2.24, 2.45) is 5.92 Å². The second-order valence-corrected chi connectivity index (χ2v) is 7.31. The molecule has 0 aromatic carbocycles. The molecule has 3 rings (SSSR count). The first-order valence-corrected chi connectivity index (χ1v) is 8.46. The first-order chi connectivity index (χ1) is 11.9. The Bertz CT molecular complexity index is 712. The Kier molecular flexibility index (Phi) is 4.92. The highest BCUT2D eigenvalue weighted by Gasteiger charge is 2.28. The number of carbonyl (C=O) groups is 1. The molecule has 1 unspecified atom stereocenters. The number of carbonyl (C=O) groups excluding carboxylic acids is 1. The number of nitrogens with zero attached hydrogens (tertiary/aromatic N) is 5. The standard InChI is InChI=1S/C18H23N5O2/c1-18(2,3)15-4-5-16(22-21-15)25-12-13-6-9-23(11-13)17(24)14-10-19-7-8-20-14/h4-5,7-8,10,13H,6,9,11-12H2,1-3H3. The van der Waals surface area contributed by atoms with Crippen LogP contribution in [0.4, 0.5) is 0 Å². The molecule has 2 aromatic rings. The highest BCUT2D eigenvalue weighted by atomic mass is 16.5. The van der Waals surface area contributed by atoms with Gasteiger partial charge in [0.2, 0.25) is 5.88 Å². The van der Waals surface area contributed by atoms with E-state index >= 15 is 0 Å². The lowest BCUT2D eigenvalue weighted by Crippen LogP contribution is -2.30. The molecule has 3 heterocycles. The van der Waals surface area contributed by atoms with Gasteiger partial charge in [-0.05, 0) is 12.5 Å². The Morgan fingerprint density at radius 3 is 2.76 bits per heavy atom. The molecule has 0 bridgehead atoms. The van der Waals surface area contributed by atoms with Gasteiger partial charge in [-0.3, -0.25) is 9.78 Å². The zero-order valence-corrected chi connectivity index (χ0v) is 14.8. The van der Waals surface area contributed by atoms with E-state index in [1.165, 1.54) is 12.4 Å². The highest BCUT2D eigenvalue weighted by molar-refractivity contribution is 5.92. The molecule has 0 radical (unpaired) electrons. The number of ether oxygens (including phenoxy) is 1. The van der Waals surface area contributed by atoms with Crippen molar-refractivity contribution in [3.05, 3.63) is 42.1 Å². The molecule has 1 aliphatic rings. The van der Waals surface area contributed by atoms with Crippen LogP contribution in [-0.2, 0) is 5.41 Å². The van der Waals surface area contributed by atoms with Crippen LogP contribution in [0.15, 0.2) is 30.7 Å². The van der Waals surface area contributed by atoms with Crippen LogP contribution in [0.3, 0.4) is 0 Å². The quantitative estimate of drug-likeness (QED) is 0.847. The fourth-order valence-electron chi connectivity index (χ4n) is 2.72. The van der Waals surface area contributed by atoms with Crippen molar-refractivity contribution in [3.8, 4) is 5.88 Å². The summed E-state index contributed by atoms with van der Waals surface area (Å²) in [4.78, 5) is 22.2. The normalized spacial score (nSPS) is 17.6. The number of rotatable bonds is 4. The van der Waals surface area contributed by atoms with Crippen LogP contribution >= 0.6 is 0 Å². The van der Waals surface area contributed by atoms with Gasteiger partial charge in [0.05, 0.1) is 18.5 Å². The molecule has 1 saturated heterocycles. The molecule has 1 fully saturated rings. The van der Waals surface area contributed by atoms with E-state index in [4.69, 9.17) is 4.74 Å². The summed E-state index contributed by atoms with van der Waals surface area (Å²) in [6.07, 6.45) is 5.49. The van der Waals surface area contributed by atoms with E-state index in [9.17, 15) is 4.79 Å². The number of aromatic nitrogens is 4. The molecule has 0 N–H and O–H groups in total. The molecule has 0 saturated carbocycles. The zero-order chi connectivity index (χ0) is 17.9. The molecule has 0 aliphatic carbocycles. The average molecular weight is 341 g/mol. The molecular formula is C18H23N5O2. The van der Waals surface area contributed by atoms with Crippen molar-refractivity contribution in [2.75, 3.05) is 19.7 Å². The summed E-state index contributed by atoms with van der Waals surface area (Å²) < 4.78 is 5.75. The summed E-state index contributed by atoms with van der Waals surface area (Å²) >= 11 is 0. The van der Waals surface area contributed by atoms with E-state index < -0.39 is 0 Å². The first-order valence-electron chi connectivity index (χ1n) is 8.46. The monoisotopic (exact) mass is 341 g/mol. The largest absolute Gasteiger partial charge is 0.476 e. The maximum absolute atomic E-state index is 12.4. The van der Waals surface area contributed by atoms with Gasteiger partial charge < -0.3 is 9.64 Å². The van der Waals surface area contributed by atoms with E-state index in [0.29, 0.717) is 31.3 Å². The molecule has 7 heteroatoms. The van der Waals surface area contributed by atoms with Crippen molar-refractivity contribution >= 4 is 5.91 Å². The Labute approximate surface area is 147 Å². The van der Waals surface area contributed by atoms with Crippen LogP contribution in [0, 0.1) is 5.92 Å². The van der Waals surface area contributed by atoms with Crippen molar-refractivity contribution in [3.63, 3.8) is 0 Å². The molecule has 1 amide bonds. The van der Waals surface area contributed by atoms with Gasteiger partial charge in [0.15, 0.2) is 0 Å². The van der Waals surface area contributed by atoms with Crippen molar-refractivity contribution in [1.29, 1.82) is 0 Å². The maximum Gasteiger partial charge on any atom is 0.274 e. The van der Waals surface area contributed by atoms with E-state index in [1.807, 2.05) is 12.1 Å². The van der Waals surface area contributed by atoms with Gasteiger partial charge >= 0.3 is 0 Å². The van der Waals surface area contributed by atoms with E-state index in [2.05, 4.69) is 40.9 Å². The van der Waals surface area contributed by atoms with Crippen LogP contribution in [-0.4, -0.2) is 50.7 Å². The SMILES string of the molecule is CC(C)(C)c1ccc(OCC2CCN(C(=O)c3cnccn3)C2)nn1. The predicted molar refractivity (Wildman–Crippen MR) is 92.3 cm³/mol. The highest BCUT2D eigenvalue weighted by Crippen LogP contribution is 2.22. The second kappa shape index (κ2) is 7.13. The minimum absolute atomic E-state index is 0.0296. The van der Waals surface area contributed by atoms with E-state index in [1.54, 1.807) is 11.1 Å². The second-order valence-electron chi connectivity index (χ2n) is 7.31. The Hall–Kier alpha value is -2.57. The number of hydrogen-bond acceptors (Lipinski definition) is 6. The van der Waals surface area contributed by atoms with Gasteiger partial charge in [-0.1, -0.05) is 20.8 Å². The lowest BCUT2D eigenvalue weighted by molar-refractivity contribution is 0.0776. The van der Waals surface area contributed by atoms with Gasteiger partial charge in [0.1, 0.15) is 5.69 Å². The summed E-state index contributed by atoms with van der Waals surface area (Å²) in [6, 6.07) is 3.80. The van der Waals surface area contributed by atoms with Gasteiger partial charge in [0, 0.05) is 42.9 Å². The summed E-state index contributed by atoms with van der Waals surface area (Å²) in [5.41, 5.74) is 1.28. The van der Waals surface area contributed by atoms with Crippen molar-refractivity contribution in [1.82, 2.24) is 25.1 Å². The summed E-state index contributed by atoms with van der Waals surface area (Å²) in [5.74, 6) is 0.723. The Morgan fingerprint density at radius 1 is 1.28 bits per heavy atom. The minimum atomic E-state index is -0.0788. The van der Waals surface area contributed by atoms with Gasteiger partial charge in [-0.2, -0.15) is 5.10 Å². The lowest BCUT2D eigenvalue weighted by Gasteiger charge is -2.17. The topological polar surface area (TPSA) is 81.1 Å². The third kappa shape index (κ3) is 4.29. The first kappa shape index (κ1) is 17.3. The fourth-order valence-corrected chi connectivity index (χ4v) is 2.72. The molecule has 25 heavy (non-hydrogen) atoms. The smallest absolute Gasteiger partial charge is 0.274 e. The van der Waals surface area contributed by atoms with Crippen LogP contribution in [0.5, 0.6) is 5.88 Å². The van der Waals surface area contributed by atoms with Gasteiger partial charge in [-0.15, -0.1) is 5.10 Å². The van der Waals surface area contributed by atoms with Gasteiger partial charge in [-0.25, -0.2) is 4.98 Å². The molecule has 1 aliphatic heterocycles. The molecule has 0 spiro atoms. The summed E-state index contributed by atoms with van der Waals surface area (Å²) in [6.45, 7) is 8.17. The predicted octanol–water partition coefficient (Wildman–Crippen LogP) is 2.11. The molecule has 7 nitrogen and oxygen atoms in total. The third-order valence-electron chi connectivity index (χ3n) is 4.23. The fraction of sp³-hybridized carbons (Fsp3) is 0.500. The summed E-state index contributed by atoms with van der Waals surface area (Å²) in [7, 11) is 0. The van der Waals surface area contributed by atoms with Gasteiger partial charge in [0.25, 0.3) is 5.91 Å². The maximum atomic E-state index is 12.4. The summed E-state index contributed by atoms with van der Waals surface area (Å²) in [5, 5.41) is 8.36. The molecule has 1 atom stereocenters. The minimum Gasteiger partial charge on any atom is -0.476 e. The molecule has 132 valence electrons. The molecule has 2 aromatic heterocycles. The third-order valence-corrected chi connectivity index (χ3v) is 4.23. The van der Waals surface area contributed by atoms with Crippen molar-refractivity contribution in [2.45, 2.75) is 32.6 Å². The van der Waals surface area contributed by atoms with E-state index in [0.717, 1.165) is 12.1 Å². The van der Waals surface area contributed by atoms with Crippen LogP contribution in [0.1, 0.15) is 43.4 Å². The number of likely N-dealkylation sites (tertiary alicyclic amines) is 1.